The van der Waals surface area contributed by atoms with E-state index in [4.69, 9.17) is 23.2 Å². The molecule has 136 valence electrons. The molecule has 1 fully saturated rings. The SMILES string of the molecule is O=C(Cc1ccccc1)N1CCCN(C(=O)c2ccc(Cl)c(Cl)c2)CC1. The maximum Gasteiger partial charge on any atom is 0.253 e. The van der Waals surface area contributed by atoms with Gasteiger partial charge in [-0.15, -0.1) is 0 Å². The van der Waals surface area contributed by atoms with Gasteiger partial charge in [0, 0.05) is 31.7 Å². The third-order valence-corrected chi connectivity index (χ3v) is 5.24. The van der Waals surface area contributed by atoms with Crippen molar-refractivity contribution in [3.63, 3.8) is 0 Å². The van der Waals surface area contributed by atoms with Crippen LogP contribution in [-0.2, 0) is 11.2 Å². The zero-order chi connectivity index (χ0) is 18.5. The van der Waals surface area contributed by atoms with Crippen LogP contribution in [0.4, 0.5) is 0 Å². The molecule has 4 nitrogen and oxygen atoms in total. The molecule has 0 N–H and O–H groups in total. The molecule has 0 radical (unpaired) electrons. The Kier molecular flexibility index (Phi) is 6.17. The first-order chi connectivity index (χ1) is 12.5. The topological polar surface area (TPSA) is 40.6 Å². The van der Waals surface area contributed by atoms with E-state index in [9.17, 15) is 9.59 Å². The minimum absolute atomic E-state index is 0.0825. The van der Waals surface area contributed by atoms with Crippen molar-refractivity contribution in [3.05, 3.63) is 69.7 Å². The van der Waals surface area contributed by atoms with Gasteiger partial charge in [-0.3, -0.25) is 9.59 Å². The summed E-state index contributed by atoms with van der Waals surface area (Å²) in [7, 11) is 0. The second-order valence-electron chi connectivity index (χ2n) is 6.32. The normalized spacial score (nSPS) is 14.8. The van der Waals surface area contributed by atoms with Crippen LogP contribution in [0.25, 0.3) is 0 Å². The molecule has 0 spiro atoms. The number of carbonyl (C=O) groups is 2. The maximum atomic E-state index is 12.7. The predicted molar refractivity (Wildman–Crippen MR) is 104 cm³/mol. The van der Waals surface area contributed by atoms with Gasteiger partial charge in [0.25, 0.3) is 5.91 Å². The van der Waals surface area contributed by atoms with Crippen LogP contribution >= 0.6 is 23.2 Å². The molecule has 6 heteroatoms. The molecule has 0 atom stereocenters. The van der Waals surface area contributed by atoms with E-state index in [0.29, 0.717) is 48.2 Å². The van der Waals surface area contributed by atoms with Gasteiger partial charge in [0.05, 0.1) is 16.5 Å². The summed E-state index contributed by atoms with van der Waals surface area (Å²) >= 11 is 11.9. The molecular formula is C20H20Cl2N2O2. The highest BCUT2D eigenvalue weighted by Crippen LogP contribution is 2.23. The van der Waals surface area contributed by atoms with E-state index in [2.05, 4.69) is 0 Å². The van der Waals surface area contributed by atoms with Gasteiger partial charge in [0.2, 0.25) is 5.91 Å². The zero-order valence-corrected chi connectivity index (χ0v) is 15.8. The fourth-order valence-corrected chi connectivity index (χ4v) is 3.36. The van der Waals surface area contributed by atoms with Crippen LogP contribution in [0.1, 0.15) is 22.3 Å². The molecule has 1 aliphatic rings. The first kappa shape index (κ1) is 18.7. The van der Waals surface area contributed by atoms with Gasteiger partial charge in [0.15, 0.2) is 0 Å². The predicted octanol–water partition coefficient (Wildman–Crippen LogP) is 3.91. The summed E-state index contributed by atoms with van der Waals surface area (Å²) in [5.74, 6) is 0.0148. The molecule has 1 saturated heterocycles. The smallest absolute Gasteiger partial charge is 0.253 e. The number of amides is 2. The van der Waals surface area contributed by atoms with Crippen molar-refractivity contribution in [2.75, 3.05) is 26.2 Å². The lowest BCUT2D eigenvalue weighted by Gasteiger charge is -2.22. The Hall–Kier alpha value is -2.04. The van der Waals surface area contributed by atoms with Gasteiger partial charge < -0.3 is 9.80 Å². The first-order valence-electron chi connectivity index (χ1n) is 8.60. The zero-order valence-electron chi connectivity index (χ0n) is 14.3. The molecule has 0 saturated carbocycles. The fraction of sp³-hybridized carbons (Fsp3) is 0.300. The van der Waals surface area contributed by atoms with Gasteiger partial charge in [-0.2, -0.15) is 0 Å². The number of carbonyl (C=O) groups excluding carboxylic acids is 2. The molecule has 0 unspecified atom stereocenters. The van der Waals surface area contributed by atoms with E-state index in [0.717, 1.165) is 12.0 Å². The molecule has 1 aliphatic heterocycles. The van der Waals surface area contributed by atoms with Gasteiger partial charge in [0.1, 0.15) is 0 Å². The lowest BCUT2D eigenvalue weighted by Crippen LogP contribution is -2.38. The summed E-state index contributed by atoms with van der Waals surface area (Å²) in [6.45, 7) is 2.34. The van der Waals surface area contributed by atoms with Crippen LogP contribution < -0.4 is 0 Å². The van der Waals surface area contributed by atoms with Crippen LogP contribution in [-0.4, -0.2) is 47.8 Å². The Balaban J connectivity index is 1.61. The van der Waals surface area contributed by atoms with Crippen molar-refractivity contribution < 1.29 is 9.59 Å². The molecule has 2 amide bonds. The number of hydrogen-bond donors (Lipinski definition) is 0. The number of nitrogens with zero attached hydrogens (tertiary/aromatic N) is 2. The second kappa shape index (κ2) is 8.56. The molecule has 0 bridgehead atoms. The Bertz CT molecular complexity index is 796. The van der Waals surface area contributed by atoms with Crippen molar-refractivity contribution in [3.8, 4) is 0 Å². The monoisotopic (exact) mass is 390 g/mol. The Labute approximate surface area is 163 Å². The highest BCUT2D eigenvalue weighted by molar-refractivity contribution is 6.42. The maximum absolute atomic E-state index is 12.7. The van der Waals surface area contributed by atoms with Crippen LogP contribution in [0.5, 0.6) is 0 Å². The van der Waals surface area contributed by atoms with E-state index in [1.54, 1.807) is 23.1 Å². The minimum atomic E-state index is -0.0825. The summed E-state index contributed by atoms with van der Waals surface area (Å²) < 4.78 is 0. The summed E-state index contributed by atoms with van der Waals surface area (Å²) in [4.78, 5) is 28.9. The van der Waals surface area contributed by atoms with Gasteiger partial charge in [-0.25, -0.2) is 0 Å². The molecule has 3 rings (SSSR count). The number of halogens is 2. The number of benzene rings is 2. The van der Waals surface area contributed by atoms with Crippen molar-refractivity contribution >= 4 is 35.0 Å². The van der Waals surface area contributed by atoms with Crippen LogP contribution in [0.2, 0.25) is 10.0 Å². The summed E-state index contributed by atoms with van der Waals surface area (Å²) in [6.07, 6.45) is 1.15. The third-order valence-electron chi connectivity index (χ3n) is 4.50. The van der Waals surface area contributed by atoms with Crippen LogP contribution in [0, 0.1) is 0 Å². The second-order valence-corrected chi connectivity index (χ2v) is 7.13. The van der Waals surface area contributed by atoms with E-state index >= 15 is 0 Å². The van der Waals surface area contributed by atoms with Gasteiger partial charge >= 0.3 is 0 Å². The quantitative estimate of drug-likeness (QED) is 0.796. The van der Waals surface area contributed by atoms with E-state index < -0.39 is 0 Å². The van der Waals surface area contributed by atoms with Crippen molar-refractivity contribution in [2.24, 2.45) is 0 Å². The van der Waals surface area contributed by atoms with Gasteiger partial charge in [-0.05, 0) is 30.2 Å². The molecular weight excluding hydrogens is 371 g/mol. The lowest BCUT2D eigenvalue weighted by atomic mass is 10.1. The Morgan fingerprint density at radius 3 is 2.27 bits per heavy atom. The number of hydrogen-bond acceptors (Lipinski definition) is 2. The van der Waals surface area contributed by atoms with Crippen LogP contribution in [0.15, 0.2) is 48.5 Å². The average Bonchev–Trinajstić information content (AvgIpc) is 2.90. The molecule has 0 aromatic heterocycles. The standard InChI is InChI=1S/C20H20Cl2N2O2/c21-17-8-7-16(14-18(17)22)20(26)24-10-4-9-23(11-12-24)19(25)13-15-5-2-1-3-6-15/h1-3,5-8,14H,4,9-13H2. The van der Waals surface area contributed by atoms with Crippen molar-refractivity contribution in [2.45, 2.75) is 12.8 Å². The molecule has 26 heavy (non-hydrogen) atoms. The summed E-state index contributed by atoms with van der Waals surface area (Å²) in [5.41, 5.74) is 1.52. The lowest BCUT2D eigenvalue weighted by molar-refractivity contribution is -0.130. The van der Waals surface area contributed by atoms with Crippen molar-refractivity contribution in [1.29, 1.82) is 0 Å². The van der Waals surface area contributed by atoms with E-state index in [1.165, 1.54) is 0 Å². The summed E-state index contributed by atoms with van der Waals surface area (Å²) in [6, 6.07) is 14.6. The number of rotatable bonds is 3. The average molecular weight is 391 g/mol. The third kappa shape index (κ3) is 4.57. The van der Waals surface area contributed by atoms with Gasteiger partial charge in [-0.1, -0.05) is 53.5 Å². The molecule has 1 heterocycles. The summed E-state index contributed by atoms with van der Waals surface area (Å²) in [5, 5.41) is 0.795. The molecule has 2 aromatic carbocycles. The highest BCUT2D eigenvalue weighted by Gasteiger charge is 2.23. The Morgan fingerprint density at radius 2 is 1.54 bits per heavy atom. The Morgan fingerprint density at radius 1 is 0.846 bits per heavy atom. The largest absolute Gasteiger partial charge is 0.341 e. The van der Waals surface area contributed by atoms with E-state index in [-0.39, 0.29) is 11.8 Å². The minimum Gasteiger partial charge on any atom is -0.341 e. The molecule has 0 aliphatic carbocycles. The van der Waals surface area contributed by atoms with Crippen LogP contribution in [0.3, 0.4) is 0 Å². The molecule has 2 aromatic rings. The van der Waals surface area contributed by atoms with E-state index in [1.807, 2.05) is 35.2 Å². The van der Waals surface area contributed by atoms with Crippen molar-refractivity contribution in [1.82, 2.24) is 9.80 Å². The first-order valence-corrected chi connectivity index (χ1v) is 9.36. The highest BCUT2D eigenvalue weighted by atomic mass is 35.5. The fourth-order valence-electron chi connectivity index (χ4n) is 3.06.